The number of ether oxygens (including phenoxy) is 2. The Morgan fingerprint density at radius 2 is 1.84 bits per heavy atom. The molecule has 0 aliphatic carbocycles. The first-order chi connectivity index (χ1) is 12.1. The van der Waals surface area contributed by atoms with Crippen LogP contribution in [0.1, 0.15) is 12.5 Å². The van der Waals surface area contributed by atoms with Gasteiger partial charge in [-0.3, -0.25) is 9.59 Å². The number of methoxy groups -OCH3 is 1. The summed E-state index contributed by atoms with van der Waals surface area (Å²) in [6.45, 7) is 2.49. The van der Waals surface area contributed by atoms with Crippen LogP contribution in [0.3, 0.4) is 0 Å². The first-order valence-corrected chi connectivity index (χ1v) is 7.63. The van der Waals surface area contributed by atoms with E-state index in [0.29, 0.717) is 18.0 Å². The van der Waals surface area contributed by atoms with Gasteiger partial charge >= 0.3 is 11.8 Å². The number of amides is 2. The molecule has 0 heterocycles. The lowest BCUT2D eigenvalue weighted by molar-refractivity contribution is -0.136. The molecule has 25 heavy (non-hydrogen) atoms. The minimum atomic E-state index is -0.870. The third-order valence-electron chi connectivity index (χ3n) is 3.10. The zero-order valence-electron chi connectivity index (χ0n) is 14.0. The average molecular weight is 341 g/mol. The van der Waals surface area contributed by atoms with Gasteiger partial charge in [-0.1, -0.05) is 6.07 Å². The summed E-state index contributed by atoms with van der Waals surface area (Å²) >= 11 is 0. The lowest BCUT2D eigenvalue weighted by atomic mass is 10.2. The van der Waals surface area contributed by atoms with Crippen LogP contribution < -0.4 is 20.2 Å². The Labute approximate surface area is 145 Å². The molecule has 130 valence electrons. The minimum Gasteiger partial charge on any atom is -0.497 e. The Hall–Kier alpha value is -3.35. The van der Waals surface area contributed by atoms with Crippen molar-refractivity contribution in [2.45, 2.75) is 6.92 Å². The van der Waals surface area contributed by atoms with E-state index in [1.54, 1.807) is 48.5 Å². The summed E-state index contributed by atoms with van der Waals surface area (Å²) < 4.78 is 10.4. The molecule has 2 aromatic rings. The second kappa shape index (κ2) is 9.07. The van der Waals surface area contributed by atoms with E-state index < -0.39 is 11.8 Å². The molecule has 0 bridgehead atoms. The monoisotopic (exact) mass is 341 g/mol. The number of carbonyl (C=O) groups excluding carboxylic acids is 2. The first-order valence-electron chi connectivity index (χ1n) is 7.63. The van der Waals surface area contributed by atoms with E-state index in [2.05, 4.69) is 15.8 Å². The molecule has 0 aromatic heterocycles. The summed E-state index contributed by atoms with van der Waals surface area (Å²) in [5.41, 5.74) is 3.39. The highest BCUT2D eigenvalue weighted by Crippen LogP contribution is 2.16. The lowest BCUT2D eigenvalue weighted by Gasteiger charge is -2.05. The first kappa shape index (κ1) is 18.0. The highest BCUT2D eigenvalue weighted by atomic mass is 16.5. The number of nitrogens with one attached hydrogen (secondary N) is 2. The van der Waals surface area contributed by atoms with Crippen LogP contribution in [0.5, 0.6) is 11.5 Å². The Morgan fingerprint density at radius 1 is 1.08 bits per heavy atom. The third-order valence-corrected chi connectivity index (χ3v) is 3.10. The van der Waals surface area contributed by atoms with Crippen LogP contribution in [0.4, 0.5) is 5.69 Å². The molecule has 0 saturated carbocycles. The predicted octanol–water partition coefficient (Wildman–Crippen LogP) is 2.18. The Balaban J connectivity index is 1.87. The summed E-state index contributed by atoms with van der Waals surface area (Å²) in [5.74, 6) is -0.366. The van der Waals surface area contributed by atoms with Crippen LogP contribution in [-0.4, -0.2) is 31.7 Å². The molecule has 2 aromatic carbocycles. The van der Waals surface area contributed by atoms with Crippen molar-refractivity contribution in [3.05, 3.63) is 54.1 Å². The average Bonchev–Trinajstić information content (AvgIpc) is 2.63. The van der Waals surface area contributed by atoms with Gasteiger partial charge in [0, 0.05) is 11.8 Å². The van der Waals surface area contributed by atoms with Crippen LogP contribution in [0.2, 0.25) is 0 Å². The lowest BCUT2D eigenvalue weighted by Crippen LogP contribution is -2.32. The van der Waals surface area contributed by atoms with Gasteiger partial charge in [-0.2, -0.15) is 5.10 Å². The van der Waals surface area contributed by atoms with E-state index in [4.69, 9.17) is 9.47 Å². The topological polar surface area (TPSA) is 89.0 Å². The van der Waals surface area contributed by atoms with E-state index >= 15 is 0 Å². The molecule has 2 rings (SSSR count). The van der Waals surface area contributed by atoms with E-state index in [9.17, 15) is 9.59 Å². The number of hydrogen-bond acceptors (Lipinski definition) is 5. The number of rotatable bonds is 6. The quantitative estimate of drug-likeness (QED) is 0.479. The third kappa shape index (κ3) is 5.65. The highest BCUT2D eigenvalue weighted by molar-refractivity contribution is 6.39. The van der Waals surface area contributed by atoms with Gasteiger partial charge in [-0.05, 0) is 48.9 Å². The van der Waals surface area contributed by atoms with Crippen molar-refractivity contribution < 1.29 is 19.1 Å². The second-order valence-corrected chi connectivity index (χ2v) is 4.89. The summed E-state index contributed by atoms with van der Waals surface area (Å²) in [4.78, 5) is 23.6. The summed E-state index contributed by atoms with van der Waals surface area (Å²) in [6.07, 6.45) is 1.44. The van der Waals surface area contributed by atoms with Crippen molar-refractivity contribution in [2.75, 3.05) is 19.0 Å². The minimum absolute atomic E-state index is 0.454. The number of hydrogen-bond donors (Lipinski definition) is 2. The molecule has 0 spiro atoms. The van der Waals surface area contributed by atoms with E-state index in [-0.39, 0.29) is 0 Å². The second-order valence-electron chi connectivity index (χ2n) is 4.89. The van der Waals surface area contributed by atoms with Crippen molar-refractivity contribution in [3.63, 3.8) is 0 Å². The van der Waals surface area contributed by atoms with Crippen molar-refractivity contribution in [1.82, 2.24) is 5.43 Å². The maximum Gasteiger partial charge on any atom is 0.329 e. The van der Waals surface area contributed by atoms with E-state index in [0.717, 1.165) is 11.3 Å². The van der Waals surface area contributed by atoms with Gasteiger partial charge < -0.3 is 14.8 Å². The Bertz CT molecular complexity index is 757. The van der Waals surface area contributed by atoms with Crippen molar-refractivity contribution in [1.29, 1.82) is 0 Å². The fourth-order valence-electron chi connectivity index (χ4n) is 1.92. The Kier molecular flexibility index (Phi) is 6.53. The number of benzene rings is 2. The molecule has 0 aliphatic rings. The molecule has 0 radical (unpaired) electrons. The molecule has 0 fully saturated rings. The molecule has 2 amide bonds. The maximum atomic E-state index is 11.8. The number of nitrogens with zero attached hydrogens (tertiary/aromatic N) is 1. The molecule has 0 unspecified atom stereocenters. The maximum absolute atomic E-state index is 11.8. The van der Waals surface area contributed by atoms with Gasteiger partial charge in [-0.15, -0.1) is 0 Å². The SMILES string of the molecule is CCOc1ccc(/C=N/NC(=O)C(=O)Nc2cccc(OC)c2)cc1. The molecular formula is C18H19N3O4. The van der Waals surface area contributed by atoms with Gasteiger partial charge in [0.05, 0.1) is 19.9 Å². The zero-order valence-corrected chi connectivity index (χ0v) is 14.0. The highest BCUT2D eigenvalue weighted by Gasteiger charge is 2.13. The van der Waals surface area contributed by atoms with Crippen LogP contribution in [0, 0.1) is 0 Å². The summed E-state index contributed by atoms with van der Waals surface area (Å²) in [6, 6.07) is 13.9. The summed E-state index contributed by atoms with van der Waals surface area (Å²) in [7, 11) is 1.52. The van der Waals surface area contributed by atoms with Gasteiger partial charge in [-0.25, -0.2) is 5.43 Å². The molecule has 0 atom stereocenters. The number of anilines is 1. The largest absolute Gasteiger partial charge is 0.497 e. The fourth-order valence-corrected chi connectivity index (χ4v) is 1.92. The molecule has 0 aliphatic heterocycles. The van der Waals surface area contributed by atoms with Crippen LogP contribution in [0.15, 0.2) is 53.6 Å². The van der Waals surface area contributed by atoms with E-state index in [1.807, 2.05) is 6.92 Å². The van der Waals surface area contributed by atoms with Gasteiger partial charge in [0.25, 0.3) is 0 Å². The fraction of sp³-hybridized carbons (Fsp3) is 0.167. The molecule has 2 N–H and O–H groups in total. The normalized spacial score (nSPS) is 10.3. The Morgan fingerprint density at radius 3 is 2.52 bits per heavy atom. The standard InChI is InChI=1S/C18H19N3O4/c1-3-25-15-9-7-13(8-10-15)12-19-21-18(23)17(22)20-14-5-4-6-16(11-14)24-2/h4-12H,3H2,1-2H3,(H,20,22)(H,21,23)/b19-12+. The molecule has 7 nitrogen and oxygen atoms in total. The predicted molar refractivity (Wildman–Crippen MR) is 95.0 cm³/mol. The van der Waals surface area contributed by atoms with Gasteiger partial charge in [0.15, 0.2) is 0 Å². The smallest absolute Gasteiger partial charge is 0.329 e. The van der Waals surface area contributed by atoms with E-state index in [1.165, 1.54) is 13.3 Å². The summed E-state index contributed by atoms with van der Waals surface area (Å²) in [5, 5.41) is 6.23. The van der Waals surface area contributed by atoms with Crippen molar-refractivity contribution >= 4 is 23.7 Å². The number of carbonyl (C=O) groups is 2. The van der Waals surface area contributed by atoms with Crippen LogP contribution in [0.25, 0.3) is 0 Å². The van der Waals surface area contributed by atoms with Gasteiger partial charge in [0.2, 0.25) is 0 Å². The van der Waals surface area contributed by atoms with Crippen LogP contribution >= 0.6 is 0 Å². The number of hydrazone groups is 1. The molecule has 0 saturated heterocycles. The van der Waals surface area contributed by atoms with Crippen LogP contribution in [-0.2, 0) is 9.59 Å². The zero-order chi connectivity index (χ0) is 18.1. The van der Waals surface area contributed by atoms with Gasteiger partial charge in [0.1, 0.15) is 11.5 Å². The van der Waals surface area contributed by atoms with Crippen molar-refractivity contribution in [3.8, 4) is 11.5 Å². The van der Waals surface area contributed by atoms with Crippen molar-refractivity contribution in [2.24, 2.45) is 5.10 Å². The molecule has 7 heteroatoms. The molecular weight excluding hydrogens is 322 g/mol.